The monoisotopic (exact) mass is 242 g/mol. The van der Waals surface area contributed by atoms with E-state index in [1.165, 1.54) is 0 Å². The van der Waals surface area contributed by atoms with E-state index in [4.69, 9.17) is 9.47 Å². The number of aromatic nitrogens is 2. The van der Waals surface area contributed by atoms with Crippen LogP contribution in [-0.2, 0) is 16.0 Å². The molecule has 5 nitrogen and oxygen atoms in total. The summed E-state index contributed by atoms with van der Waals surface area (Å²) in [5, 5.41) is 14.4. The van der Waals surface area contributed by atoms with Gasteiger partial charge in [-0.25, -0.2) is 0 Å². The number of nitrogens with zero attached hydrogens (tertiary/aromatic N) is 2. The molecule has 0 aromatic carbocycles. The number of hydrogen-bond donors (Lipinski definition) is 1. The fraction of sp³-hybridized carbons (Fsp3) is 0.750. The van der Waals surface area contributed by atoms with Crippen molar-refractivity contribution in [2.24, 2.45) is 0 Å². The van der Waals surface area contributed by atoms with Crippen LogP contribution in [-0.4, -0.2) is 34.4 Å². The Hall–Kier alpha value is -0.910. The van der Waals surface area contributed by atoms with Gasteiger partial charge in [-0.3, -0.25) is 4.68 Å². The lowest BCUT2D eigenvalue weighted by Gasteiger charge is -2.23. The van der Waals surface area contributed by atoms with Crippen molar-refractivity contribution in [1.82, 2.24) is 9.78 Å². The van der Waals surface area contributed by atoms with Crippen molar-refractivity contribution in [1.29, 1.82) is 0 Å². The van der Waals surface area contributed by atoms with Gasteiger partial charge in [-0.1, -0.05) is 6.92 Å². The summed E-state index contributed by atoms with van der Waals surface area (Å²) in [5.41, 5.74) is 0.735. The lowest BCUT2D eigenvalue weighted by molar-refractivity contribution is -0.193. The van der Waals surface area contributed by atoms with Crippen LogP contribution in [0.5, 0.6) is 0 Å². The maximum atomic E-state index is 10.2. The van der Waals surface area contributed by atoms with Crippen molar-refractivity contribution >= 4 is 0 Å². The molecule has 1 N–H and O–H groups in total. The average Bonchev–Trinajstić information content (AvgIpc) is 2.77. The third-order valence-electron chi connectivity index (χ3n) is 2.41. The lowest BCUT2D eigenvalue weighted by Crippen LogP contribution is -2.27. The second-order valence-corrected chi connectivity index (χ2v) is 3.70. The molecule has 1 aromatic heterocycles. The molecule has 0 saturated heterocycles. The summed E-state index contributed by atoms with van der Waals surface area (Å²) in [7, 11) is 0. The van der Waals surface area contributed by atoms with Crippen molar-refractivity contribution in [3.63, 3.8) is 0 Å². The van der Waals surface area contributed by atoms with E-state index >= 15 is 0 Å². The van der Waals surface area contributed by atoms with E-state index in [9.17, 15) is 5.11 Å². The first-order valence-electron chi connectivity index (χ1n) is 6.17. The standard InChI is InChI=1S/C12H22N2O3/c1-4-9-14-10(7-8-13-14)11(15)12(16-5-2)17-6-3/h7-8,11-12,15H,4-6,9H2,1-3H3. The van der Waals surface area contributed by atoms with Gasteiger partial charge in [0.2, 0.25) is 0 Å². The second kappa shape index (κ2) is 7.42. The van der Waals surface area contributed by atoms with Gasteiger partial charge in [0.15, 0.2) is 6.29 Å². The van der Waals surface area contributed by atoms with Crippen LogP contribution >= 0.6 is 0 Å². The zero-order valence-corrected chi connectivity index (χ0v) is 10.8. The maximum absolute atomic E-state index is 10.2. The minimum Gasteiger partial charge on any atom is -0.381 e. The minimum absolute atomic E-state index is 0.504. The van der Waals surface area contributed by atoms with Crippen LogP contribution in [0, 0.1) is 0 Å². The molecule has 1 heterocycles. The number of aliphatic hydroxyl groups is 1. The van der Waals surface area contributed by atoms with E-state index in [0.29, 0.717) is 13.2 Å². The SMILES string of the molecule is CCCn1nccc1C(O)C(OCC)OCC. The number of ether oxygens (including phenoxy) is 2. The Kier molecular flexibility index (Phi) is 6.18. The normalized spacial score (nSPS) is 13.2. The van der Waals surface area contributed by atoms with E-state index in [1.54, 1.807) is 16.9 Å². The summed E-state index contributed by atoms with van der Waals surface area (Å²) in [6.45, 7) is 7.61. The number of aliphatic hydroxyl groups excluding tert-OH is 1. The van der Waals surface area contributed by atoms with Crippen molar-refractivity contribution < 1.29 is 14.6 Å². The van der Waals surface area contributed by atoms with Crippen LogP contribution in [0.4, 0.5) is 0 Å². The molecule has 0 bridgehead atoms. The molecule has 1 aromatic rings. The highest BCUT2D eigenvalue weighted by Crippen LogP contribution is 2.20. The second-order valence-electron chi connectivity index (χ2n) is 3.70. The predicted octanol–water partition coefficient (Wildman–Crippen LogP) is 1.73. The predicted molar refractivity (Wildman–Crippen MR) is 64.5 cm³/mol. The van der Waals surface area contributed by atoms with Gasteiger partial charge in [0.05, 0.1) is 5.69 Å². The van der Waals surface area contributed by atoms with Crippen molar-refractivity contribution in [3.8, 4) is 0 Å². The van der Waals surface area contributed by atoms with Gasteiger partial charge in [-0.05, 0) is 26.3 Å². The molecule has 1 rings (SSSR count). The van der Waals surface area contributed by atoms with E-state index in [-0.39, 0.29) is 0 Å². The Morgan fingerprint density at radius 2 is 1.94 bits per heavy atom. The van der Waals surface area contributed by atoms with Crippen LogP contribution in [0.2, 0.25) is 0 Å². The molecule has 0 aliphatic heterocycles. The molecule has 1 atom stereocenters. The molecule has 17 heavy (non-hydrogen) atoms. The van der Waals surface area contributed by atoms with Gasteiger partial charge in [0.25, 0.3) is 0 Å². The molecule has 0 radical (unpaired) electrons. The van der Waals surface area contributed by atoms with Crippen molar-refractivity contribution in [2.75, 3.05) is 13.2 Å². The molecule has 0 spiro atoms. The van der Waals surface area contributed by atoms with Crippen molar-refractivity contribution in [3.05, 3.63) is 18.0 Å². The molecule has 0 aliphatic rings. The summed E-state index contributed by atoms with van der Waals surface area (Å²) in [6, 6.07) is 1.80. The Labute approximate surface area is 102 Å². The Morgan fingerprint density at radius 3 is 2.47 bits per heavy atom. The third-order valence-corrected chi connectivity index (χ3v) is 2.41. The first-order chi connectivity index (χ1) is 8.24. The topological polar surface area (TPSA) is 56.5 Å². The summed E-state index contributed by atoms with van der Waals surface area (Å²) < 4.78 is 12.6. The van der Waals surface area contributed by atoms with Gasteiger partial charge in [0.1, 0.15) is 6.10 Å². The number of aryl methyl sites for hydroxylation is 1. The molecule has 0 fully saturated rings. The molecule has 98 valence electrons. The Morgan fingerprint density at radius 1 is 1.29 bits per heavy atom. The van der Waals surface area contributed by atoms with Gasteiger partial charge < -0.3 is 14.6 Å². The van der Waals surface area contributed by atoms with Crippen LogP contribution < -0.4 is 0 Å². The summed E-state index contributed by atoms with van der Waals surface area (Å²) in [6.07, 6.45) is 1.22. The number of rotatable bonds is 8. The average molecular weight is 242 g/mol. The van der Waals surface area contributed by atoms with Gasteiger partial charge in [-0.15, -0.1) is 0 Å². The van der Waals surface area contributed by atoms with Crippen LogP contribution in [0.15, 0.2) is 12.3 Å². The third kappa shape index (κ3) is 3.80. The van der Waals surface area contributed by atoms with E-state index in [2.05, 4.69) is 12.0 Å². The smallest absolute Gasteiger partial charge is 0.189 e. The quantitative estimate of drug-likeness (QED) is 0.705. The summed E-state index contributed by atoms with van der Waals surface area (Å²) in [4.78, 5) is 0. The summed E-state index contributed by atoms with van der Waals surface area (Å²) in [5.74, 6) is 0. The Balaban J connectivity index is 2.76. The van der Waals surface area contributed by atoms with Gasteiger partial charge in [0, 0.05) is 26.0 Å². The van der Waals surface area contributed by atoms with Gasteiger partial charge >= 0.3 is 0 Å². The molecule has 5 heteroatoms. The molecular weight excluding hydrogens is 220 g/mol. The highest BCUT2D eigenvalue weighted by molar-refractivity contribution is 5.05. The van der Waals surface area contributed by atoms with E-state index < -0.39 is 12.4 Å². The highest BCUT2D eigenvalue weighted by atomic mass is 16.7. The Bertz CT molecular complexity index is 308. The fourth-order valence-corrected chi connectivity index (χ4v) is 1.69. The maximum Gasteiger partial charge on any atom is 0.189 e. The highest BCUT2D eigenvalue weighted by Gasteiger charge is 2.24. The zero-order chi connectivity index (χ0) is 12.7. The molecule has 0 amide bonds. The first-order valence-corrected chi connectivity index (χ1v) is 6.17. The van der Waals surface area contributed by atoms with Crippen LogP contribution in [0.3, 0.4) is 0 Å². The lowest BCUT2D eigenvalue weighted by atomic mass is 10.2. The summed E-state index contributed by atoms with van der Waals surface area (Å²) >= 11 is 0. The van der Waals surface area contributed by atoms with Crippen molar-refractivity contribution in [2.45, 2.75) is 46.1 Å². The molecule has 0 aliphatic carbocycles. The van der Waals surface area contributed by atoms with Gasteiger partial charge in [-0.2, -0.15) is 5.10 Å². The van der Waals surface area contributed by atoms with E-state index in [0.717, 1.165) is 18.7 Å². The zero-order valence-electron chi connectivity index (χ0n) is 10.8. The number of hydrogen-bond acceptors (Lipinski definition) is 4. The molecular formula is C12H22N2O3. The largest absolute Gasteiger partial charge is 0.381 e. The van der Waals surface area contributed by atoms with Crippen LogP contribution in [0.25, 0.3) is 0 Å². The van der Waals surface area contributed by atoms with Crippen LogP contribution in [0.1, 0.15) is 39.0 Å². The molecule has 0 saturated carbocycles. The minimum atomic E-state index is -0.802. The first kappa shape index (κ1) is 14.2. The van der Waals surface area contributed by atoms with E-state index in [1.807, 2.05) is 13.8 Å². The fourth-order valence-electron chi connectivity index (χ4n) is 1.69. The molecule has 1 unspecified atom stereocenters.